The summed E-state index contributed by atoms with van der Waals surface area (Å²) in [7, 11) is 0. The molecule has 0 aliphatic carbocycles. The lowest BCUT2D eigenvalue weighted by Crippen LogP contribution is -2.79. The molecule has 43 heavy (non-hydrogen) atoms. The van der Waals surface area contributed by atoms with Crippen LogP contribution in [0.2, 0.25) is 0 Å². The molecule has 0 aromatic rings. The van der Waals surface area contributed by atoms with Crippen molar-refractivity contribution in [1.82, 2.24) is 0 Å². The van der Waals surface area contributed by atoms with Gasteiger partial charge in [0.05, 0.1) is 0 Å². The molecule has 0 bridgehead atoms. The van der Waals surface area contributed by atoms with Gasteiger partial charge in [-0.1, -0.05) is 0 Å². The van der Waals surface area contributed by atoms with Crippen molar-refractivity contribution in [2.45, 2.75) is 77.2 Å². The lowest BCUT2D eigenvalue weighted by atomic mass is 9.84. The van der Waals surface area contributed by atoms with Crippen LogP contribution in [0.3, 0.4) is 0 Å². The summed E-state index contributed by atoms with van der Waals surface area (Å²) in [6.45, 7) is 0. The van der Waals surface area contributed by atoms with Gasteiger partial charge in [-0.25, -0.2) is 4.79 Å². The molecule has 0 atom stereocenters. The van der Waals surface area contributed by atoms with Crippen molar-refractivity contribution in [3.8, 4) is 0 Å². The fraction of sp³-hybridized carbons (Fsp3) is 0.929. The molecule has 0 aromatic carbocycles. The molecule has 0 radical (unpaired) electrons. The third-order valence-electron chi connectivity index (χ3n) is 4.96. The second-order valence-electron chi connectivity index (χ2n) is 7.70. The monoisotopic (exact) mass is 714 g/mol. The van der Waals surface area contributed by atoms with Gasteiger partial charge >= 0.3 is 83.2 Å². The zero-order valence-corrected chi connectivity index (χ0v) is 18.1. The Labute approximate surface area is 213 Å². The Hall–Kier alpha value is -2.42. The highest BCUT2D eigenvalue weighted by Gasteiger charge is 3.00. The smallest absolute Gasteiger partial charge is 0.460 e. The first-order chi connectivity index (χ1) is 17.9. The third-order valence-corrected chi connectivity index (χ3v) is 4.96. The van der Waals surface area contributed by atoms with Gasteiger partial charge in [-0.3, -0.25) is 0 Å². The van der Waals surface area contributed by atoms with Crippen LogP contribution < -0.4 is 0 Å². The van der Waals surface area contributed by atoms with E-state index in [0.29, 0.717) is 0 Å². The normalized spacial score (nSPS) is 16.9. The van der Waals surface area contributed by atoms with Gasteiger partial charge in [-0.05, 0) is 0 Å². The molecule has 0 fully saturated rings. The van der Waals surface area contributed by atoms with Gasteiger partial charge in [-0.15, -0.1) is 0 Å². The molecule has 0 unspecified atom stereocenters. The van der Waals surface area contributed by atoms with Gasteiger partial charge in [0.2, 0.25) is 0 Å². The maximum absolute atomic E-state index is 13.5. The Kier molecular flexibility index (Phi) is 9.00. The highest BCUT2D eigenvalue weighted by atomic mass is 19.4. The quantitative estimate of drug-likeness (QED) is 0.207. The zero-order chi connectivity index (χ0) is 36.1. The van der Waals surface area contributed by atoms with Gasteiger partial charge in [0.1, 0.15) is 0 Å². The van der Waals surface area contributed by atoms with E-state index in [-0.39, 0.29) is 0 Å². The van der Waals surface area contributed by atoms with Gasteiger partial charge in [-0.2, -0.15) is 119 Å². The number of aliphatic carboxylic acids is 1. The van der Waals surface area contributed by atoms with Crippen LogP contribution in [0, 0.1) is 0 Å². The van der Waals surface area contributed by atoms with Crippen LogP contribution >= 0.6 is 0 Å². The van der Waals surface area contributed by atoms with E-state index >= 15 is 0 Å². The Bertz CT molecular complexity index is 1060. The Morgan fingerprint density at radius 3 is 0.558 bits per heavy atom. The summed E-state index contributed by atoms with van der Waals surface area (Å²) < 4.78 is 354. The number of carbonyl (C=O) groups is 1. The average molecular weight is 714 g/mol. The summed E-state index contributed by atoms with van der Waals surface area (Å²) in [6, 6.07) is 0. The second kappa shape index (κ2) is 9.54. The molecule has 258 valence electrons. The van der Waals surface area contributed by atoms with Crippen molar-refractivity contribution in [1.29, 1.82) is 0 Å². The molecule has 0 aliphatic heterocycles. The van der Waals surface area contributed by atoms with Gasteiger partial charge < -0.3 is 5.11 Å². The fourth-order valence-corrected chi connectivity index (χ4v) is 2.28. The van der Waals surface area contributed by atoms with Crippen LogP contribution in [0.25, 0.3) is 0 Å². The Balaban J connectivity index is 7.49. The highest BCUT2D eigenvalue weighted by Crippen LogP contribution is 2.68. The lowest BCUT2D eigenvalue weighted by Gasteiger charge is -2.45. The van der Waals surface area contributed by atoms with E-state index in [0.717, 1.165) is 0 Å². The van der Waals surface area contributed by atoms with E-state index in [4.69, 9.17) is 5.11 Å². The summed E-state index contributed by atoms with van der Waals surface area (Å²) in [5, 5.41) is 7.64. The van der Waals surface area contributed by atoms with Crippen molar-refractivity contribution in [3.05, 3.63) is 0 Å². The topological polar surface area (TPSA) is 37.3 Å². The predicted molar refractivity (Wildman–Crippen MR) is 73.1 cm³/mol. The summed E-state index contributed by atoms with van der Waals surface area (Å²) in [5.41, 5.74) is 0. The maximum atomic E-state index is 13.5. The third kappa shape index (κ3) is 4.49. The maximum Gasteiger partial charge on any atom is 0.460 e. The minimum absolute atomic E-state index is 4.72. The number of carboxylic acid groups (broad SMARTS) is 1. The van der Waals surface area contributed by atoms with Crippen LogP contribution in [0.1, 0.15) is 0 Å². The van der Waals surface area contributed by atoms with Crippen molar-refractivity contribution in [2.75, 3.05) is 0 Å². The Morgan fingerprint density at radius 1 is 0.279 bits per heavy atom. The summed E-state index contributed by atoms with van der Waals surface area (Å²) in [5.74, 6) is -116. The van der Waals surface area contributed by atoms with E-state index < -0.39 is 83.2 Å². The molecular weight excluding hydrogens is 713 g/mol. The first-order valence-corrected chi connectivity index (χ1v) is 8.78. The van der Waals surface area contributed by atoms with E-state index in [2.05, 4.69) is 0 Å². The number of hydrogen-bond acceptors (Lipinski definition) is 1. The minimum Gasteiger partial charge on any atom is -0.477 e. The van der Waals surface area contributed by atoms with Crippen LogP contribution in [0.5, 0.6) is 0 Å². The second-order valence-corrected chi connectivity index (χ2v) is 7.70. The molecule has 0 saturated carbocycles. The minimum atomic E-state index is -9.86. The van der Waals surface area contributed by atoms with E-state index in [1.165, 1.54) is 0 Å². The van der Waals surface area contributed by atoms with Crippen molar-refractivity contribution in [2.24, 2.45) is 0 Å². The molecule has 2 nitrogen and oxygen atoms in total. The molecular formula is C14HF27O2. The molecule has 0 saturated heterocycles. The van der Waals surface area contributed by atoms with E-state index in [1.807, 2.05) is 0 Å². The van der Waals surface area contributed by atoms with Crippen molar-refractivity contribution < 1.29 is 128 Å². The van der Waals surface area contributed by atoms with E-state index in [1.54, 1.807) is 0 Å². The number of hydrogen-bond donors (Lipinski definition) is 1. The van der Waals surface area contributed by atoms with Crippen LogP contribution in [-0.2, 0) is 4.79 Å². The molecule has 0 spiro atoms. The summed E-state index contributed by atoms with van der Waals surface area (Å²) in [6.07, 6.45) is -8.26. The number of carboxylic acids is 1. The molecule has 0 aromatic heterocycles. The van der Waals surface area contributed by atoms with Crippen molar-refractivity contribution in [3.63, 3.8) is 0 Å². The standard InChI is InChI=1S/C14HF27O2/c15-2(16,1(42)43)3(17,18)4(19,20)5(21,22)6(23,24)7(25,26)8(27,28)9(29,30)10(31,32)11(33,34)12(35,36)13(37,38)14(39,40)41/h(H,42,43). The SMILES string of the molecule is O=C(O)C(F)(F)C(F)(F)C(F)(F)C(F)(F)C(F)(F)C(F)(F)C(F)(F)C(F)(F)C(F)(F)C(F)(F)C(F)(F)C(F)(F)C(F)(F)F. The molecule has 0 amide bonds. The molecule has 29 heteroatoms. The number of halogens is 27. The molecule has 1 N–H and O–H groups in total. The fourth-order valence-electron chi connectivity index (χ4n) is 2.28. The number of alkyl halides is 27. The van der Waals surface area contributed by atoms with Crippen molar-refractivity contribution >= 4 is 5.97 Å². The summed E-state index contributed by atoms with van der Waals surface area (Å²) in [4.78, 5) is 9.89. The first kappa shape index (κ1) is 40.6. The molecule has 0 aliphatic rings. The van der Waals surface area contributed by atoms with E-state index in [9.17, 15) is 123 Å². The predicted octanol–water partition coefficient (Wildman–Crippen LogP) is 8.26. The van der Waals surface area contributed by atoms with Gasteiger partial charge in [0.15, 0.2) is 0 Å². The molecule has 0 rings (SSSR count). The van der Waals surface area contributed by atoms with Crippen LogP contribution in [0.4, 0.5) is 119 Å². The summed E-state index contributed by atoms with van der Waals surface area (Å²) >= 11 is 0. The van der Waals surface area contributed by atoms with Crippen LogP contribution in [-0.4, -0.2) is 88.3 Å². The van der Waals surface area contributed by atoms with Crippen LogP contribution in [0.15, 0.2) is 0 Å². The van der Waals surface area contributed by atoms with Gasteiger partial charge in [0.25, 0.3) is 0 Å². The number of rotatable bonds is 12. The Morgan fingerprint density at radius 2 is 0.419 bits per heavy atom. The first-order valence-electron chi connectivity index (χ1n) is 8.78. The lowest BCUT2D eigenvalue weighted by molar-refractivity contribution is -0.484. The largest absolute Gasteiger partial charge is 0.477 e. The average Bonchev–Trinajstić information content (AvgIpc) is 2.76. The van der Waals surface area contributed by atoms with Gasteiger partial charge in [0, 0.05) is 0 Å². The highest BCUT2D eigenvalue weighted by molar-refractivity contribution is 5.77. The zero-order valence-electron chi connectivity index (χ0n) is 18.1. The molecule has 0 heterocycles.